The van der Waals surface area contributed by atoms with Crippen molar-refractivity contribution < 1.29 is 4.74 Å². The first kappa shape index (κ1) is 10.3. The zero-order valence-electron chi connectivity index (χ0n) is 8.22. The summed E-state index contributed by atoms with van der Waals surface area (Å²) in [7, 11) is 0. The Labute approximate surface area is 80.4 Å². The molecule has 1 saturated heterocycles. The van der Waals surface area contributed by atoms with E-state index in [4.69, 9.17) is 16.3 Å². The van der Waals surface area contributed by atoms with Crippen molar-refractivity contribution in [2.45, 2.75) is 45.1 Å². The van der Waals surface area contributed by atoms with Gasteiger partial charge < -0.3 is 4.74 Å². The summed E-state index contributed by atoms with van der Waals surface area (Å²) in [5.41, 5.74) is 0. The van der Waals surface area contributed by atoms with Crippen LogP contribution >= 0.6 is 11.6 Å². The highest BCUT2D eigenvalue weighted by molar-refractivity contribution is 6.20. The van der Waals surface area contributed by atoms with Crippen molar-refractivity contribution in [2.24, 2.45) is 11.8 Å². The van der Waals surface area contributed by atoms with Crippen molar-refractivity contribution in [2.75, 3.05) is 6.61 Å². The maximum Gasteiger partial charge on any atom is 0.0617 e. The fraction of sp³-hybridized carbons (Fsp3) is 1.00. The molecule has 0 aromatic carbocycles. The Morgan fingerprint density at radius 2 is 2.17 bits per heavy atom. The first-order valence-electron chi connectivity index (χ1n) is 4.87. The SMILES string of the molecule is CC(C)CC1OCCC(Cl)C1C. The van der Waals surface area contributed by atoms with E-state index < -0.39 is 0 Å². The second-order valence-electron chi connectivity index (χ2n) is 4.20. The average Bonchev–Trinajstić information content (AvgIpc) is 1.98. The molecule has 1 aliphatic heterocycles. The van der Waals surface area contributed by atoms with Crippen LogP contribution in [-0.4, -0.2) is 18.1 Å². The number of hydrogen-bond acceptors (Lipinski definition) is 1. The summed E-state index contributed by atoms with van der Waals surface area (Å²) in [6.45, 7) is 7.50. The van der Waals surface area contributed by atoms with Crippen LogP contribution in [-0.2, 0) is 4.74 Å². The van der Waals surface area contributed by atoms with Crippen molar-refractivity contribution >= 4 is 11.6 Å². The van der Waals surface area contributed by atoms with Gasteiger partial charge in [0.05, 0.1) is 6.10 Å². The third-order valence-corrected chi connectivity index (χ3v) is 3.20. The molecule has 2 heteroatoms. The van der Waals surface area contributed by atoms with E-state index in [-0.39, 0.29) is 0 Å². The standard InChI is InChI=1S/C10H19ClO/c1-7(2)6-10-8(3)9(11)4-5-12-10/h7-10H,4-6H2,1-3H3. The highest BCUT2D eigenvalue weighted by Crippen LogP contribution is 2.28. The summed E-state index contributed by atoms with van der Waals surface area (Å²) in [6, 6.07) is 0. The summed E-state index contributed by atoms with van der Waals surface area (Å²) in [6.07, 6.45) is 2.54. The van der Waals surface area contributed by atoms with Gasteiger partial charge in [0.1, 0.15) is 0 Å². The number of alkyl halides is 1. The van der Waals surface area contributed by atoms with Crippen molar-refractivity contribution in [3.8, 4) is 0 Å². The van der Waals surface area contributed by atoms with Crippen LogP contribution in [0.2, 0.25) is 0 Å². The van der Waals surface area contributed by atoms with Crippen LogP contribution in [0.25, 0.3) is 0 Å². The van der Waals surface area contributed by atoms with E-state index in [1.54, 1.807) is 0 Å². The van der Waals surface area contributed by atoms with E-state index in [1.165, 1.54) is 0 Å². The molecule has 12 heavy (non-hydrogen) atoms. The van der Waals surface area contributed by atoms with Gasteiger partial charge in [-0.25, -0.2) is 0 Å². The molecule has 0 amide bonds. The van der Waals surface area contributed by atoms with Crippen LogP contribution in [0.1, 0.15) is 33.6 Å². The van der Waals surface area contributed by atoms with Gasteiger partial charge in [0.25, 0.3) is 0 Å². The highest BCUT2D eigenvalue weighted by Gasteiger charge is 2.29. The van der Waals surface area contributed by atoms with Gasteiger partial charge in [-0.05, 0) is 24.7 Å². The molecule has 0 N–H and O–H groups in total. The topological polar surface area (TPSA) is 9.23 Å². The average molecular weight is 191 g/mol. The molecule has 0 radical (unpaired) electrons. The van der Waals surface area contributed by atoms with E-state index in [1.807, 2.05) is 0 Å². The second-order valence-corrected chi connectivity index (χ2v) is 4.76. The van der Waals surface area contributed by atoms with Crippen molar-refractivity contribution in [3.63, 3.8) is 0 Å². The first-order valence-corrected chi connectivity index (χ1v) is 5.30. The van der Waals surface area contributed by atoms with E-state index in [0.29, 0.717) is 23.3 Å². The summed E-state index contributed by atoms with van der Waals surface area (Å²) in [5.74, 6) is 1.22. The molecule has 0 aromatic rings. The van der Waals surface area contributed by atoms with Crippen molar-refractivity contribution in [3.05, 3.63) is 0 Å². The molecule has 1 aliphatic rings. The lowest BCUT2D eigenvalue weighted by Gasteiger charge is -2.33. The second kappa shape index (κ2) is 4.48. The molecule has 3 atom stereocenters. The molecule has 0 saturated carbocycles. The number of rotatable bonds is 2. The predicted molar refractivity (Wildman–Crippen MR) is 52.6 cm³/mol. The molecular weight excluding hydrogens is 172 g/mol. The van der Waals surface area contributed by atoms with Crippen molar-refractivity contribution in [1.29, 1.82) is 0 Å². The van der Waals surface area contributed by atoms with Gasteiger partial charge in [-0.15, -0.1) is 11.6 Å². The largest absolute Gasteiger partial charge is 0.378 e. The van der Waals surface area contributed by atoms with Crippen LogP contribution in [0.3, 0.4) is 0 Å². The summed E-state index contributed by atoms with van der Waals surface area (Å²) in [5, 5.41) is 0.322. The molecule has 1 fully saturated rings. The van der Waals surface area contributed by atoms with E-state index in [9.17, 15) is 0 Å². The Morgan fingerprint density at radius 3 is 2.75 bits per heavy atom. The normalized spacial score (nSPS) is 37.2. The van der Waals surface area contributed by atoms with E-state index in [0.717, 1.165) is 19.4 Å². The quantitative estimate of drug-likeness (QED) is 0.609. The minimum atomic E-state index is 0.322. The third kappa shape index (κ3) is 2.63. The molecule has 0 aliphatic carbocycles. The van der Waals surface area contributed by atoms with Gasteiger partial charge in [0.15, 0.2) is 0 Å². The Morgan fingerprint density at radius 1 is 1.50 bits per heavy atom. The zero-order chi connectivity index (χ0) is 9.14. The van der Waals surface area contributed by atoms with Gasteiger partial charge >= 0.3 is 0 Å². The molecule has 1 nitrogen and oxygen atoms in total. The first-order chi connectivity index (χ1) is 5.61. The Bertz CT molecular complexity index is 136. The smallest absolute Gasteiger partial charge is 0.0617 e. The van der Waals surface area contributed by atoms with Crippen molar-refractivity contribution in [1.82, 2.24) is 0 Å². The number of ether oxygens (including phenoxy) is 1. The van der Waals surface area contributed by atoms with Crippen LogP contribution in [0, 0.1) is 11.8 Å². The van der Waals surface area contributed by atoms with Crippen LogP contribution < -0.4 is 0 Å². The maximum atomic E-state index is 6.17. The van der Waals surface area contributed by atoms with Crippen LogP contribution in [0.15, 0.2) is 0 Å². The van der Waals surface area contributed by atoms with Gasteiger partial charge in [0, 0.05) is 12.0 Å². The minimum Gasteiger partial charge on any atom is -0.378 e. The molecular formula is C10H19ClO. The van der Waals surface area contributed by atoms with E-state index in [2.05, 4.69) is 20.8 Å². The Kier molecular flexibility index (Phi) is 3.85. The van der Waals surface area contributed by atoms with Crippen LogP contribution in [0.4, 0.5) is 0 Å². The van der Waals surface area contributed by atoms with Gasteiger partial charge in [-0.1, -0.05) is 20.8 Å². The number of halogens is 1. The fourth-order valence-electron chi connectivity index (χ4n) is 1.73. The Hall–Kier alpha value is 0.250. The maximum absolute atomic E-state index is 6.17. The predicted octanol–water partition coefficient (Wildman–Crippen LogP) is 3.06. The summed E-state index contributed by atoms with van der Waals surface area (Å²) < 4.78 is 5.69. The zero-order valence-corrected chi connectivity index (χ0v) is 8.97. The van der Waals surface area contributed by atoms with Gasteiger partial charge in [-0.3, -0.25) is 0 Å². The summed E-state index contributed by atoms with van der Waals surface area (Å²) >= 11 is 6.17. The third-order valence-electron chi connectivity index (χ3n) is 2.59. The lowest BCUT2D eigenvalue weighted by molar-refractivity contribution is -0.0286. The molecule has 0 aromatic heterocycles. The summed E-state index contributed by atoms with van der Waals surface area (Å²) in [4.78, 5) is 0. The van der Waals surface area contributed by atoms with Gasteiger partial charge in [0.2, 0.25) is 0 Å². The molecule has 72 valence electrons. The molecule has 0 spiro atoms. The fourth-order valence-corrected chi connectivity index (χ4v) is 1.98. The van der Waals surface area contributed by atoms with E-state index >= 15 is 0 Å². The Balaban J connectivity index is 2.41. The minimum absolute atomic E-state index is 0.322. The molecule has 0 bridgehead atoms. The lowest BCUT2D eigenvalue weighted by Crippen LogP contribution is -2.36. The molecule has 3 unspecified atom stereocenters. The molecule has 1 rings (SSSR count). The number of hydrogen-bond donors (Lipinski definition) is 0. The van der Waals surface area contributed by atoms with Gasteiger partial charge in [-0.2, -0.15) is 0 Å². The monoisotopic (exact) mass is 190 g/mol. The highest BCUT2D eigenvalue weighted by atomic mass is 35.5. The lowest BCUT2D eigenvalue weighted by atomic mass is 9.90. The van der Waals surface area contributed by atoms with Crippen LogP contribution in [0.5, 0.6) is 0 Å². The molecule has 1 heterocycles.